The number of fused-ring (bicyclic) bond motifs is 1. The van der Waals surface area contributed by atoms with Gasteiger partial charge < -0.3 is 25.4 Å². The van der Waals surface area contributed by atoms with Crippen molar-refractivity contribution in [3.05, 3.63) is 60.4 Å². The Bertz CT molecular complexity index is 1560. The van der Waals surface area contributed by atoms with E-state index >= 15 is 0 Å². The van der Waals surface area contributed by atoms with Crippen molar-refractivity contribution in [2.45, 2.75) is 43.9 Å². The van der Waals surface area contributed by atoms with Crippen molar-refractivity contribution in [3.63, 3.8) is 0 Å². The number of amides is 1. The summed E-state index contributed by atoms with van der Waals surface area (Å²) < 4.78 is 46.3. The Morgan fingerprint density at radius 1 is 0.881 bits per heavy atom. The maximum absolute atomic E-state index is 12.9. The van der Waals surface area contributed by atoms with E-state index in [2.05, 4.69) is 14.9 Å². The third-order valence-electron chi connectivity index (χ3n) is 8.16. The molecule has 2 fully saturated rings. The summed E-state index contributed by atoms with van der Waals surface area (Å²) in [7, 11) is 0. The van der Waals surface area contributed by atoms with Gasteiger partial charge in [0.15, 0.2) is 5.65 Å². The molecule has 0 radical (unpaired) electrons. The molecule has 220 valence electrons. The molecule has 0 bridgehead atoms. The van der Waals surface area contributed by atoms with Gasteiger partial charge in [0, 0.05) is 37.8 Å². The van der Waals surface area contributed by atoms with Gasteiger partial charge in [-0.25, -0.2) is 19.4 Å². The first-order valence-electron chi connectivity index (χ1n) is 13.8. The summed E-state index contributed by atoms with van der Waals surface area (Å²) in [6.07, 6.45) is -0.390. The first kappa shape index (κ1) is 27.8. The van der Waals surface area contributed by atoms with Crippen LogP contribution in [0.4, 0.5) is 23.8 Å². The third-order valence-corrected chi connectivity index (χ3v) is 8.16. The number of alkyl halides is 3. The van der Waals surface area contributed by atoms with Crippen molar-refractivity contribution in [1.29, 1.82) is 0 Å². The van der Waals surface area contributed by atoms with Crippen LogP contribution in [0.5, 0.6) is 11.5 Å². The van der Waals surface area contributed by atoms with Gasteiger partial charge in [-0.3, -0.25) is 0 Å². The molecule has 0 atom stereocenters. The topological polar surface area (TPSA) is 123 Å². The van der Waals surface area contributed by atoms with Crippen LogP contribution in [-0.2, 0) is 6.18 Å². The van der Waals surface area contributed by atoms with Gasteiger partial charge in [0.2, 0.25) is 0 Å². The summed E-state index contributed by atoms with van der Waals surface area (Å²) in [4.78, 5) is 23.9. The Morgan fingerprint density at radius 3 is 2.07 bits per heavy atom. The minimum atomic E-state index is -4.41. The van der Waals surface area contributed by atoms with Gasteiger partial charge in [-0.1, -0.05) is 0 Å². The molecule has 10 nitrogen and oxygen atoms in total. The van der Waals surface area contributed by atoms with E-state index in [1.807, 2.05) is 16.8 Å². The van der Waals surface area contributed by atoms with Crippen LogP contribution in [-0.4, -0.2) is 73.0 Å². The van der Waals surface area contributed by atoms with Crippen LogP contribution in [0.2, 0.25) is 0 Å². The number of anilines is 1. The predicted molar refractivity (Wildman–Crippen MR) is 149 cm³/mol. The number of benzene rings is 2. The van der Waals surface area contributed by atoms with Crippen molar-refractivity contribution in [1.82, 2.24) is 29.5 Å². The zero-order chi connectivity index (χ0) is 29.4. The molecule has 13 heteroatoms. The van der Waals surface area contributed by atoms with Crippen molar-refractivity contribution < 1.29 is 27.8 Å². The number of nitrogen functional groups attached to an aromatic ring is 1. The molecule has 1 amide bonds. The highest BCUT2D eigenvalue weighted by Gasteiger charge is 2.32. The SMILES string of the molecule is Nc1ncnc2c1c(-c1ccc(Oc3ccc(C(F)(F)F)cc3)cc1)nn2C1CCN(C2CCN(C(=O)O)CC2)CC1. The molecule has 0 aliphatic carbocycles. The molecule has 4 aromatic rings. The Balaban J connectivity index is 1.18. The third kappa shape index (κ3) is 5.56. The predicted octanol–water partition coefficient (Wildman–Crippen LogP) is 5.67. The highest BCUT2D eigenvalue weighted by Crippen LogP contribution is 2.36. The number of halogens is 3. The molecule has 4 heterocycles. The van der Waals surface area contributed by atoms with Gasteiger partial charge in [-0.05, 0) is 74.2 Å². The van der Waals surface area contributed by atoms with Crippen molar-refractivity contribution in [3.8, 4) is 22.8 Å². The summed E-state index contributed by atoms with van der Waals surface area (Å²) >= 11 is 0. The van der Waals surface area contributed by atoms with Crippen LogP contribution in [0.3, 0.4) is 0 Å². The zero-order valence-electron chi connectivity index (χ0n) is 22.7. The van der Waals surface area contributed by atoms with Gasteiger partial charge in [-0.15, -0.1) is 0 Å². The highest BCUT2D eigenvalue weighted by molar-refractivity contribution is 5.98. The molecule has 6 rings (SSSR count). The fourth-order valence-corrected chi connectivity index (χ4v) is 5.90. The largest absolute Gasteiger partial charge is 0.465 e. The zero-order valence-corrected chi connectivity index (χ0v) is 22.7. The minimum Gasteiger partial charge on any atom is -0.465 e. The molecule has 2 aliphatic heterocycles. The quantitative estimate of drug-likeness (QED) is 0.309. The van der Waals surface area contributed by atoms with Gasteiger partial charge in [0.1, 0.15) is 29.3 Å². The molecular weight excluding hydrogens is 551 g/mol. The number of likely N-dealkylation sites (tertiary alicyclic amines) is 2. The molecule has 2 saturated heterocycles. The van der Waals surface area contributed by atoms with E-state index in [9.17, 15) is 23.1 Å². The average Bonchev–Trinajstić information content (AvgIpc) is 3.38. The lowest BCUT2D eigenvalue weighted by Crippen LogP contribution is -2.48. The molecular formula is C29H30F3N7O3. The van der Waals surface area contributed by atoms with Crippen molar-refractivity contribution in [2.24, 2.45) is 0 Å². The summed E-state index contributed by atoms with van der Waals surface area (Å²) in [6, 6.07) is 12.1. The number of ether oxygens (including phenoxy) is 1. The number of aromatic nitrogens is 4. The number of carboxylic acid groups (broad SMARTS) is 1. The monoisotopic (exact) mass is 581 g/mol. The molecule has 0 unspecified atom stereocenters. The van der Waals surface area contributed by atoms with Gasteiger partial charge >= 0.3 is 12.3 Å². The first-order valence-corrected chi connectivity index (χ1v) is 13.8. The number of rotatable bonds is 5. The second kappa shape index (κ2) is 11.1. The van der Waals surface area contributed by atoms with Crippen LogP contribution in [0.25, 0.3) is 22.3 Å². The maximum Gasteiger partial charge on any atom is 0.416 e. The van der Waals surface area contributed by atoms with Gasteiger partial charge in [0.25, 0.3) is 0 Å². The number of nitrogens with zero attached hydrogens (tertiary/aromatic N) is 6. The lowest BCUT2D eigenvalue weighted by atomic mass is 9.98. The van der Waals surface area contributed by atoms with E-state index in [4.69, 9.17) is 15.6 Å². The van der Waals surface area contributed by atoms with E-state index in [0.717, 1.165) is 56.5 Å². The second-order valence-electron chi connectivity index (χ2n) is 10.7. The molecule has 2 aliphatic rings. The molecule has 2 aromatic heterocycles. The van der Waals surface area contributed by atoms with Crippen LogP contribution in [0.15, 0.2) is 54.9 Å². The van der Waals surface area contributed by atoms with E-state index in [1.54, 1.807) is 12.1 Å². The summed E-state index contributed by atoms with van der Waals surface area (Å²) in [5.41, 5.74) is 7.65. The first-order chi connectivity index (χ1) is 20.2. The fourth-order valence-electron chi connectivity index (χ4n) is 5.90. The average molecular weight is 582 g/mol. The van der Waals surface area contributed by atoms with Gasteiger partial charge in [-0.2, -0.15) is 18.3 Å². The second-order valence-corrected chi connectivity index (χ2v) is 10.7. The normalized spacial score (nSPS) is 17.5. The Hall–Kier alpha value is -4.39. The van der Waals surface area contributed by atoms with Crippen LogP contribution < -0.4 is 10.5 Å². The van der Waals surface area contributed by atoms with E-state index in [1.165, 1.54) is 23.4 Å². The Kier molecular flexibility index (Phi) is 7.35. The smallest absolute Gasteiger partial charge is 0.416 e. The lowest BCUT2D eigenvalue weighted by molar-refractivity contribution is -0.137. The molecule has 3 N–H and O–H groups in total. The lowest BCUT2D eigenvalue weighted by Gasteiger charge is -2.41. The highest BCUT2D eigenvalue weighted by atomic mass is 19.4. The van der Waals surface area contributed by atoms with E-state index in [0.29, 0.717) is 53.2 Å². The van der Waals surface area contributed by atoms with E-state index < -0.39 is 17.8 Å². The number of carbonyl (C=O) groups is 1. The van der Waals surface area contributed by atoms with Crippen LogP contribution in [0.1, 0.15) is 37.3 Å². The number of hydrogen-bond donors (Lipinski definition) is 2. The van der Waals surface area contributed by atoms with E-state index in [-0.39, 0.29) is 6.04 Å². The molecule has 0 spiro atoms. The number of hydrogen-bond acceptors (Lipinski definition) is 7. The molecule has 42 heavy (non-hydrogen) atoms. The van der Waals surface area contributed by atoms with Crippen LogP contribution >= 0.6 is 0 Å². The van der Waals surface area contributed by atoms with Crippen LogP contribution in [0, 0.1) is 0 Å². The Labute approximate surface area is 239 Å². The summed E-state index contributed by atoms with van der Waals surface area (Å²) in [5.74, 6) is 1.09. The molecule has 0 saturated carbocycles. The summed E-state index contributed by atoms with van der Waals surface area (Å²) in [5, 5.41) is 14.9. The maximum atomic E-state index is 12.9. The number of piperidine rings is 2. The van der Waals surface area contributed by atoms with Crippen molar-refractivity contribution in [2.75, 3.05) is 31.9 Å². The Morgan fingerprint density at radius 2 is 1.48 bits per heavy atom. The summed E-state index contributed by atoms with van der Waals surface area (Å²) in [6.45, 7) is 2.90. The van der Waals surface area contributed by atoms with Crippen molar-refractivity contribution >= 4 is 22.9 Å². The minimum absolute atomic E-state index is 0.119. The fraction of sp³-hybridized carbons (Fsp3) is 0.379. The number of nitrogens with two attached hydrogens (primary N) is 1. The van der Waals surface area contributed by atoms with Gasteiger partial charge in [0.05, 0.1) is 17.0 Å². The standard InChI is InChI=1S/C29H30F3N7O3/c30-29(31,32)19-3-7-23(8-4-19)42-22-5-1-18(2-6-22)25-24-26(33)34-17-35-27(24)39(36-25)21-11-13-37(14-12-21)20-9-15-38(16-10-20)28(40)41/h1-8,17,20-21H,9-16H2,(H,40,41)(H2,33,34,35). The molecule has 2 aromatic carbocycles.